The van der Waals surface area contributed by atoms with E-state index in [1.807, 2.05) is 24.3 Å². The van der Waals surface area contributed by atoms with Crippen LogP contribution in [0, 0.1) is 0 Å². The predicted octanol–water partition coefficient (Wildman–Crippen LogP) is 4.74. The molecule has 3 aromatic carbocycles. The maximum atomic E-state index is 13.0. The van der Waals surface area contributed by atoms with Crippen molar-refractivity contribution in [3.05, 3.63) is 101 Å². The monoisotopic (exact) mass is 350 g/mol. The third-order valence-corrected chi connectivity index (χ3v) is 5.23. The van der Waals surface area contributed by atoms with Gasteiger partial charge in [0.15, 0.2) is 0 Å². The van der Waals surface area contributed by atoms with Crippen molar-refractivity contribution in [1.29, 1.82) is 0 Å². The maximum absolute atomic E-state index is 13.0. The van der Waals surface area contributed by atoms with Crippen LogP contribution in [-0.2, 0) is 13.0 Å². The second-order valence-corrected chi connectivity index (χ2v) is 6.88. The highest BCUT2D eigenvalue weighted by Gasteiger charge is 2.26. The zero-order valence-corrected chi connectivity index (χ0v) is 14.8. The minimum absolute atomic E-state index is 0.0336. The molecule has 0 spiro atoms. The van der Waals surface area contributed by atoms with E-state index in [4.69, 9.17) is 0 Å². The summed E-state index contributed by atoms with van der Waals surface area (Å²) in [5.74, 6) is -0.0336. The molecule has 0 aliphatic heterocycles. The van der Waals surface area contributed by atoms with E-state index in [0.29, 0.717) is 6.54 Å². The van der Waals surface area contributed by atoms with E-state index in [-0.39, 0.29) is 5.91 Å². The molecule has 0 unspecified atom stereocenters. The molecule has 27 heavy (non-hydrogen) atoms. The molecule has 1 amide bonds. The lowest BCUT2D eigenvalue weighted by Gasteiger charge is -2.13. The molecule has 1 aliphatic carbocycles. The molecule has 0 saturated heterocycles. The maximum Gasteiger partial charge on any atom is 0.251 e. The van der Waals surface area contributed by atoms with Crippen molar-refractivity contribution in [2.24, 2.45) is 0 Å². The SMILES string of the molecule is O=C(NCc1cccnc1)c1cc2ccccc2c2c1Cc1ccccc1-2. The van der Waals surface area contributed by atoms with Crippen LogP contribution in [-0.4, -0.2) is 10.9 Å². The minimum atomic E-state index is -0.0336. The standard InChI is InChI=1S/C24H18N2O/c27-24(26-15-16-6-5-11-25-14-16)22-13-18-8-2-4-10-20(18)23-19-9-3-1-7-17(19)12-21(22)23/h1-11,13-14H,12,15H2,(H,26,27). The van der Waals surface area contributed by atoms with E-state index in [2.05, 4.69) is 52.8 Å². The van der Waals surface area contributed by atoms with Crippen molar-refractivity contribution in [1.82, 2.24) is 10.3 Å². The second-order valence-electron chi connectivity index (χ2n) is 6.88. The first kappa shape index (κ1) is 15.8. The largest absolute Gasteiger partial charge is 0.348 e. The average Bonchev–Trinajstić information content (AvgIpc) is 3.12. The molecule has 0 fully saturated rings. The Balaban J connectivity index is 1.60. The van der Waals surface area contributed by atoms with E-state index >= 15 is 0 Å². The second kappa shape index (κ2) is 6.36. The van der Waals surface area contributed by atoms with Gasteiger partial charge in [-0.15, -0.1) is 0 Å². The zero-order chi connectivity index (χ0) is 18.2. The number of fused-ring (bicyclic) bond motifs is 5. The smallest absolute Gasteiger partial charge is 0.251 e. The molecule has 1 N–H and O–H groups in total. The quantitative estimate of drug-likeness (QED) is 0.511. The van der Waals surface area contributed by atoms with E-state index in [1.165, 1.54) is 22.1 Å². The number of aromatic nitrogens is 1. The lowest BCUT2D eigenvalue weighted by atomic mass is 9.93. The number of nitrogens with zero attached hydrogens (tertiary/aromatic N) is 1. The molecule has 1 heterocycles. The van der Waals surface area contributed by atoms with Crippen molar-refractivity contribution in [2.75, 3.05) is 0 Å². The van der Waals surface area contributed by atoms with Gasteiger partial charge in [-0.1, -0.05) is 54.6 Å². The van der Waals surface area contributed by atoms with Gasteiger partial charge in [-0.2, -0.15) is 0 Å². The van der Waals surface area contributed by atoms with Crippen LogP contribution in [0.15, 0.2) is 79.1 Å². The number of amides is 1. The van der Waals surface area contributed by atoms with Gasteiger partial charge in [-0.05, 0) is 57.1 Å². The van der Waals surface area contributed by atoms with Crippen LogP contribution < -0.4 is 5.32 Å². The molecule has 3 heteroatoms. The first-order chi connectivity index (χ1) is 13.3. The Morgan fingerprint density at radius 3 is 2.74 bits per heavy atom. The van der Waals surface area contributed by atoms with E-state index in [1.54, 1.807) is 12.4 Å². The fourth-order valence-electron chi connectivity index (χ4n) is 3.97. The number of benzene rings is 3. The van der Waals surface area contributed by atoms with Crippen LogP contribution in [0.4, 0.5) is 0 Å². The van der Waals surface area contributed by atoms with Gasteiger partial charge in [-0.25, -0.2) is 0 Å². The van der Waals surface area contributed by atoms with Crippen molar-refractivity contribution in [3.63, 3.8) is 0 Å². The highest BCUT2D eigenvalue weighted by molar-refractivity contribution is 6.09. The predicted molar refractivity (Wildman–Crippen MR) is 108 cm³/mol. The fourth-order valence-corrected chi connectivity index (χ4v) is 3.97. The van der Waals surface area contributed by atoms with Gasteiger partial charge >= 0.3 is 0 Å². The third-order valence-electron chi connectivity index (χ3n) is 5.23. The lowest BCUT2D eigenvalue weighted by molar-refractivity contribution is 0.0950. The number of nitrogens with one attached hydrogen (secondary N) is 1. The Morgan fingerprint density at radius 2 is 1.85 bits per heavy atom. The summed E-state index contributed by atoms with van der Waals surface area (Å²) >= 11 is 0. The Labute approximate surface area is 157 Å². The molecular weight excluding hydrogens is 332 g/mol. The summed E-state index contributed by atoms with van der Waals surface area (Å²) in [6.45, 7) is 0.473. The van der Waals surface area contributed by atoms with Crippen molar-refractivity contribution in [2.45, 2.75) is 13.0 Å². The minimum Gasteiger partial charge on any atom is -0.348 e. The summed E-state index contributed by atoms with van der Waals surface area (Å²) in [7, 11) is 0. The van der Waals surface area contributed by atoms with E-state index in [9.17, 15) is 4.79 Å². The Bertz CT molecular complexity index is 1170. The Morgan fingerprint density at radius 1 is 1.00 bits per heavy atom. The first-order valence-electron chi connectivity index (χ1n) is 9.11. The normalized spacial score (nSPS) is 11.9. The first-order valence-corrected chi connectivity index (χ1v) is 9.11. The zero-order valence-electron chi connectivity index (χ0n) is 14.8. The van der Waals surface area contributed by atoms with Gasteiger partial charge in [0.2, 0.25) is 0 Å². The highest BCUT2D eigenvalue weighted by atomic mass is 16.1. The van der Waals surface area contributed by atoms with Crippen LogP contribution in [0.2, 0.25) is 0 Å². The molecular formula is C24H18N2O. The van der Waals surface area contributed by atoms with E-state index < -0.39 is 0 Å². The van der Waals surface area contributed by atoms with Crippen molar-refractivity contribution < 1.29 is 4.79 Å². The number of carbonyl (C=O) groups is 1. The summed E-state index contributed by atoms with van der Waals surface area (Å²) in [5, 5.41) is 5.36. The summed E-state index contributed by atoms with van der Waals surface area (Å²) < 4.78 is 0. The number of hydrogen-bond acceptors (Lipinski definition) is 2. The molecule has 0 bridgehead atoms. The van der Waals surface area contributed by atoms with Crippen LogP contribution in [0.25, 0.3) is 21.9 Å². The van der Waals surface area contributed by atoms with Crippen molar-refractivity contribution >= 4 is 16.7 Å². The molecule has 0 radical (unpaired) electrons. The molecule has 130 valence electrons. The van der Waals surface area contributed by atoms with E-state index in [0.717, 1.165) is 28.5 Å². The fraction of sp³-hybridized carbons (Fsp3) is 0.0833. The third kappa shape index (κ3) is 2.68. The lowest BCUT2D eigenvalue weighted by Crippen LogP contribution is -2.24. The van der Waals surface area contributed by atoms with Crippen LogP contribution in [0.5, 0.6) is 0 Å². The molecule has 1 aliphatic rings. The number of pyridine rings is 1. The van der Waals surface area contributed by atoms with Crippen LogP contribution in [0.3, 0.4) is 0 Å². The Kier molecular flexibility index (Phi) is 3.72. The molecule has 5 rings (SSSR count). The van der Waals surface area contributed by atoms with Gasteiger partial charge < -0.3 is 5.32 Å². The summed E-state index contributed by atoms with van der Waals surface area (Å²) in [6, 6.07) is 22.6. The number of carbonyl (C=O) groups excluding carboxylic acids is 1. The van der Waals surface area contributed by atoms with Gasteiger partial charge in [0, 0.05) is 24.5 Å². The van der Waals surface area contributed by atoms with Crippen molar-refractivity contribution in [3.8, 4) is 11.1 Å². The molecule has 3 nitrogen and oxygen atoms in total. The van der Waals surface area contributed by atoms with Gasteiger partial charge in [0.25, 0.3) is 5.91 Å². The summed E-state index contributed by atoms with van der Waals surface area (Å²) in [6.07, 6.45) is 4.31. The molecule has 4 aromatic rings. The molecule has 1 aromatic heterocycles. The van der Waals surface area contributed by atoms with Crippen LogP contribution in [0.1, 0.15) is 27.0 Å². The summed E-state index contributed by atoms with van der Waals surface area (Å²) in [5.41, 5.74) is 6.61. The topological polar surface area (TPSA) is 42.0 Å². The highest BCUT2D eigenvalue weighted by Crippen LogP contribution is 2.43. The molecule has 0 atom stereocenters. The van der Waals surface area contributed by atoms with Gasteiger partial charge in [0.05, 0.1) is 0 Å². The van der Waals surface area contributed by atoms with Crippen LogP contribution >= 0.6 is 0 Å². The number of hydrogen-bond donors (Lipinski definition) is 1. The van der Waals surface area contributed by atoms with Gasteiger partial charge in [-0.3, -0.25) is 9.78 Å². The average molecular weight is 350 g/mol. The molecule has 0 saturated carbocycles. The number of rotatable bonds is 3. The summed E-state index contributed by atoms with van der Waals surface area (Å²) in [4.78, 5) is 17.2. The van der Waals surface area contributed by atoms with Gasteiger partial charge in [0.1, 0.15) is 0 Å². The Hall–Kier alpha value is -3.46.